The van der Waals surface area contributed by atoms with Gasteiger partial charge in [-0.25, -0.2) is 26.4 Å². The van der Waals surface area contributed by atoms with Crippen LogP contribution in [-0.4, -0.2) is 115 Å². The van der Waals surface area contributed by atoms with Crippen LogP contribution in [0.5, 0.6) is 23.0 Å². The smallest absolute Gasteiger partial charge is 0.345 e. The Morgan fingerprint density at radius 1 is 0.600 bits per heavy atom. The van der Waals surface area contributed by atoms with Gasteiger partial charge in [-0.3, -0.25) is 19.4 Å². The lowest BCUT2D eigenvalue weighted by molar-refractivity contribution is -0.150. The van der Waals surface area contributed by atoms with Crippen molar-refractivity contribution in [3.63, 3.8) is 0 Å². The number of amides is 2. The van der Waals surface area contributed by atoms with Crippen molar-refractivity contribution >= 4 is 55.2 Å². The molecule has 2 unspecified atom stereocenters. The molecule has 0 spiro atoms. The summed E-state index contributed by atoms with van der Waals surface area (Å²) in [6.07, 6.45) is -3.42. The van der Waals surface area contributed by atoms with E-state index in [0.29, 0.717) is 22.9 Å². The van der Waals surface area contributed by atoms with Crippen molar-refractivity contribution in [2.24, 2.45) is 0 Å². The van der Waals surface area contributed by atoms with Gasteiger partial charge in [0.2, 0.25) is 44.2 Å². The van der Waals surface area contributed by atoms with Crippen molar-refractivity contribution in [1.29, 1.82) is 0 Å². The van der Waals surface area contributed by atoms with Crippen molar-refractivity contribution in [2.45, 2.75) is 41.9 Å². The minimum Gasteiger partial charge on any atom is -0.493 e. The first kappa shape index (κ1) is 44.9. The number of sulfonamides is 2. The number of benzene rings is 4. The average Bonchev–Trinajstić information content (AvgIpc) is 3.26. The van der Waals surface area contributed by atoms with E-state index in [1.165, 1.54) is 69.7 Å². The van der Waals surface area contributed by atoms with Crippen LogP contribution in [0.4, 0.5) is 11.4 Å². The van der Waals surface area contributed by atoms with E-state index in [9.17, 15) is 41.1 Å². The summed E-state index contributed by atoms with van der Waals surface area (Å²) in [6, 6.07) is 24.7. The number of carboxylic acids is 1. The first-order chi connectivity index (χ1) is 28.7. The number of methoxy groups -OCH3 is 4. The summed E-state index contributed by atoms with van der Waals surface area (Å²) in [7, 11) is -2.83. The van der Waals surface area contributed by atoms with E-state index in [1.807, 2.05) is 0 Å². The molecule has 20 heteroatoms. The Morgan fingerprint density at radius 3 is 1.35 bits per heavy atom. The van der Waals surface area contributed by atoms with Gasteiger partial charge in [-0.2, -0.15) is 8.61 Å². The maximum absolute atomic E-state index is 13.5. The molecule has 2 aliphatic rings. The fourth-order valence-corrected chi connectivity index (χ4v) is 9.66. The number of esters is 1. The number of ether oxygens (including phenoxy) is 5. The highest BCUT2D eigenvalue weighted by Gasteiger charge is 2.48. The van der Waals surface area contributed by atoms with E-state index in [2.05, 4.69) is 0 Å². The lowest BCUT2D eigenvalue weighted by Crippen LogP contribution is -2.62. The van der Waals surface area contributed by atoms with Gasteiger partial charge in [0.1, 0.15) is 0 Å². The summed E-state index contributed by atoms with van der Waals surface area (Å²) >= 11 is 0. The number of aliphatic carboxylic acids is 1. The van der Waals surface area contributed by atoms with Gasteiger partial charge in [0.05, 0.1) is 44.8 Å². The third-order valence-corrected chi connectivity index (χ3v) is 13.1. The largest absolute Gasteiger partial charge is 0.493 e. The van der Waals surface area contributed by atoms with Gasteiger partial charge in [0.25, 0.3) is 0 Å². The van der Waals surface area contributed by atoms with Crippen molar-refractivity contribution in [2.75, 3.05) is 57.9 Å². The van der Waals surface area contributed by atoms with Crippen LogP contribution >= 0.6 is 0 Å². The van der Waals surface area contributed by atoms with Gasteiger partial charge in [0.15, 0.2) is 23.0 Å². The zero-order valence-electron chi connectivity index (χ0n) is 33.3. The molecule has 60 heavy (non-hydrogen) atoms. The maximum atomic E-state index is 13.5. The Morgan fingerprint density at radius 2 is 0.983 bits per heavy atom. The molecular formula is C40H44N4O14S2. The molecule has 0 bridgehead atoms. The van der Waals surface area contributed by atoms with Crippen LogP contribution in [0.15, 0.2) is 107 Å². The number of carbonyl (C=O) groups is 4. The second kappa shape index (κ2) is 19.2. The molecule has 2 heterocycles. The van der Waals surface area contributed by atoms with Crippen molar-refractivity contribution < 1.29 is 64.8 Å². The van der Waals surface area contributed by atoms with Crippen molar-refractivity contribution in [3.05, 3.63) is 97.1 Å². The molecule has 2 saturated heterocycles. The van der Waals surface area contributed by atoms with Gasteiger partial charge in [-0.1, -0.05) is 36.4 Å². The summed E-state index contributed by atoms with van der Waals surface area (Å²) in [5, 5.41) is 9.81. The number of carboxylic acid groups (broad SMARTS) is 1. The van der Waals surface area contributed by atoms with Gasteiger partial charge in [0, 0.05) is 49.4 Å². The van der Waals surface area contributed by atoms with Crippen LogP contribution in [0.2, 0.25) is 0 Å². The molecule has 4 aromatic carbocycles. The predicted molar refractivity (Wildman–Crippen MR) is 216 cm³/mol. The second-order valence-corrected chi connectivity index (χ2v) is 16.6. The molecule has 0 radical (unpaired) electrons. The van der Waals surface area contributed by atoms with Gasteiger partial charge in [-0.05, 0) is 55.5 Å². The normalized spacial score (nSPS) is 17.6. The summed E-state index contributed by atoms with van der Waals surface area (Å²) in [4.78, 5) is 52.1. The highest BCUT2D eigenvalue weighted by molar-refractivity contribution is 7.89. The third-order valence-electron chi connectivity index (χ3n) is 9.37. The molecule has 2 aliphatic heterocycles. The van der Waals surface area contributed by atoms with Gasteiger partial charge >= 0.3 is 11.9 Å². The van der Waals surface area contributed by atoms with Crippen LogP contribution in [0.25, 0.3) is 0 Å². The second-order valence-electron chi connectivity index (χ2n) is 12.8. The Hall–Kier alpha value is -6.22. The van der Waals surface area contributed by atoms with Crippen LogP contribution in [0, 0.1) is 0 Å². The van der Waals surface area contributed by atoms with Crippen molar-refractivity contribution in [3.8, 4) is 23.0 Å². The molecule has 1 N–H and O–H groups in total. The molecule has 2 amide bonds. The Bertz CT molecular complexity index is 2420. The van der Waals surface area contributed by atoms with Gasteiger partial charge < -0.3 is 28.8 Å². The topological polar surface area (TPSA) is 216 Å². The van der Waals surface area contributed by atoms with E-state index in [0.717, 1.165) is 13.5 Å². The Balaban J connectivity index is 0.000000228. The Labute approximate surface area is 347 Å². The SMILES string of the molecule is CCOC(=O)C1N(c2ccccc2)C(=O)CCN1S(=O)(=O)c1ccc(OC)c(OC)c1.COc1ccc(S(=O)(=O)N2CCC(=O)N(c3ccccc3)C2C(=O)O)cc1OC. The summed E-state index contributed by atoms with van der Waals surface area (Å²) in [6.45, 7) is 1.23. The summed E-state index contributed by atoms with van der Waals surface area (Å²) in [5.41, 5.74) is 0.704. The molecule has 6 rings (SSSR count). The fraction of sp³-hybridized carbons (Fsp3) is 0.300. The molecule has 0 aromatic heterocycles. The molecule has 4 aromatic rings. The summed E-state index contributed by atoms with van der Waals surface area (Å²) in [5.74, 6) is -2.01. The van der Waals surface area contributed by atoms with E-state index in [-0.39, 0.29) is 59.7 Å². The third kappa shape index (κ3) is 9.15. The monoisotopic (exact) mass is 868 g/mol. The van der Waals surface area contributed by atoms with Crippen LogP contribution in [-0.2, 0) is 44.0 Å². The fourth-order valence-electron chi connectivity index (χ4n) is 6.58. The zero-order chi connectivity index (χ0) is 43.8. The number of carbonyl (C=O) groups excluding carboxylic acids is 3. The lowest BCUT2D eigenvalue weighted by atomic mass is 10.2. The number of nitrogens with zero attached hydrogens (tertiary/aromatic N) is 4. The number of anilines is 2. The highest BCUT2D eigenvalue weighted by atomic mass is 32.2. The average molecular weight is 869 g/mol. The minimum absolute atomic E-state index is 0.0381. The minimum atomic E-state index is -4.26. The number of rotatable bonds is 13. The predicted octanol–water partition coefficient (Wildman–Crippen LogP) is 3.56. The van der Waals surface area contributed by atoms with E-state index < -0.39 is 50.2 Å². The molecule has 2 fully saturated rings. The molecular weight excluding hydrogens is 825 g/mol. The molecule has 18 nitrogen and oxygen atoms in total. The summed E-state index contributed by atoms with van der Waals surface area (Å²) < 4.78 is 81.2. The molecule has 320 valence electrons. The van der Waals surface area contributed by atoms with Gasteiger partial charge in [-0.15, -0.1) is 0 Å². The van der Waals surface area contributed by atoms with Crippen LogP contribution in [0.1, 0.15) is 19.8 Å². The zero-order valence-corrected chi connectivity index (χ0v) is 34.9. The molecule has 0 saturated carbocycles. The maximum Gasteiger partial charge on any atom is 0.345 e. The van der Waals surface area contributed by atoms with E-state index in [4.69, 9.17) is 23.7 Å². The molecule has 0 aliphatic carbocycles. The van der Waals surface area contributed by atoms with Crippen molar-refractivity contribution in [1.82, 2.24) is 8.61 Å². The number of para-hydroxylation sites is 2. The first-order valence-electron chi connectivity index (χ1n) is 18.3. The number of hydrogen-bond acceptors (Lipinski definition) is 13. The lowest BCUT2D eigenvalue weighted by Gasteiger charge is -2.40. The highest BCUT2D eigenvalue weighted by Crippen LogP contribution is 2.36. The Kier molecular flexibility index (Phi) is 14.4. The van der Waals surface area contributed by atoms with Crippen LogP contribution in [0.3, 0.4) is 0 Å². The van der Waals surface area contributed by atoms with Crippen LogP contribution < -0.4 is 28.7 Å². The first-order valence-corrected chi connectivity index (χ1v) is 21.2. The van der Waals surface area contributed by atoms with E-state index >= 15 is 0 Å². The quantitative estimate of drug-likeness (QED) is 0.190. The van der Waals surface area contributed by atoms with E-state index in [1.54, 1.807) is 67.6 Å². The standard InChI is InChI=1S/C21H24N2O7S.C19H20N2O7S/c1-4-30-21(25)20-22(13-12-19(24)23(20)15-8-6-5-7-9-15)31(26,27)16-10-11-17(28-2)18(14-16)29-3;1-27-15-9-8-14(12-16(15)28-2)29(25,26)20-11-10-17(22)21(18(20)19(23)24)13-6-4-3-5-7-13/h5-11,14,20H,4,12-13H2,1-3H3;3-9,12,18H,10-11H2,1-2H3,(H,23,24). The number of hydrogen-bond donors (Lipinski definition) is 1. The molecule has 2 atom stereocenters.